The molecule has 0 aromatic heterocycles. The van der Waals surface area contributed by atoms with Gasteiger partial charge in [0.25, 0.3) is 0 Å². The lowest BCUT2D eigenvalue weighted by Crippen LogP contribution is -2.36. The van der Waals surface area contributed by atoms with Crippen LogP contribution in [0.25, 0.3) is 0 Å². The third-order valence-electron chi connectivity index (χ3n) is 2.29. The van der Waals surface area contributed by atoms with E-state index in [-0.39, 0.29) is 6.61 Å². The Labute approximate surface area is 76.2 Å². The van der Waals surface area contributed by atoms with Crippen molar-refractivity contribution in [3.8, 4) is 0 Å². The number of rotatable bonds is 1. The molecule has 0 amide bonds. The van der Waals surface area contributed by atoms with Gasteiger partial charge in [0.1, 0.15) is 18.3 Å². The minimum atomic E-state index is -0.809. The Morgan fingerprint density at radius 3 is 2.54 bits per heavy atom. The fourth-order valence-corrected chi connectivity index (χ4v) is 1.71. The average molecular weight is 190 g/mol. The molecule has 76 valence electrons. The molecule has 0 aromatic rings. The van der Waals surface area contributed by atoms with Gasteiger partial charge in [-0.25, -0.2) is 0 Å². The van der Waals surface area contributed by atoms with Crippen molar-refractivity contribution in [1.82, 2.24) is 0 Å². The van der Waals surface area contributed by atoms with Crippen molar-refractivity contribution in [2.45, 2.75) is 44.2 Å². The van der Waals surface area contributed by atoms with Crippen LogP contribution in [-0.4, -0.2) is 47.2 Å². The van der Waals surface area contributed by atoms with E-state index in [2.05, 4.69) is 0 Å². The minimum absolute atomic E-state index is 0.221. The summed E-state index contributed by atoms with van der Waals surface area (Å²) in [5, 5.41) is 18.4. The first-order chi connectivity index (χ1) is 6.03. The second-order valence-electron chi connectivity index (χ2n) is 3.82. The highest BCUT2D eigenvalue weighted by atomic mass is 16.8. The summed E-state index contributed by atoms with van der Waals surface area (Å²) in [6, 6.07) is 0. The van der Waals surface area contributed by atoms with E-state index in [9.17, 15) is 5.11 Å². The summed E-state index contributed by atoms with van der Waals surface area (Å²) >= 11 is 0. The van der Waals surface area contributed by atoms with E-state index in [0.717, 1.165) is 0 Å². The Bertz CT molecular complexity index is 205. The van der Waals surface area contributed by atoms with E-state index < -0.39 is 30.4 Å². The Morgan fingerprint density at radius 2 is 2.00 bits per heavy atom. The number of ether oxygens (including phenoxy) is 3. The average Bonchev–Trinajstić information content (AvgIpc) is 2.47. The largest absolute Gasteiger partial charge is 0.394 e. The summed E-state index contributed by atoms with van der Waals surface area (Å²) in [4.78, 5) is 0. The zero-order valence-electron chi connectivity index (χ0n) is 7.64. The smallest absolute Gasteiger partial charge is 0.190 e. The van der Waals surface area contributed by atoms with Crippen molar-refractivity contribution in [1.29, 1.82) is 0 Å². The summed E-state index contributed by atoms with van der Waals surface area (Å²) in [6.45, 7) is 3.30. The van der Waals surface area contributed by atoms with Crippen LogP contribution in [0.2, 0.25) is 0 Å². The van der Waals surface area contributed by atoms with Gasteiger partial charge in [-0.05, 0) is 13.8 Å². The third-order valence-corrected chi connectivity index (χ3v) is 2.29. The Hall–Kier alpha value is -0.200. The fraction of sp³-hybridized carbons (Fsp3) is 1.00. The molecule has 2 heterocycles. The van der Waals surface area contributed by atoms with E-state index in [1.54, 1.807) is 13.8 Å². The summed E-state index contributed by atoms with van der Waals surface area (Å²) in [5.41, 5.74) is 0. The van der Waals surface area contributed by atoms with Crippen LogP contribution < -0.4 is 0 Å². The van der Waals surface area contributed by atoms with Crippen LogP contribution in [0.3, 0.4) is 0 Å². The van der Waals surface area contributed by atoms with Gasteiger partial charge >= 0.3 is 0 Å². The third kappa shape index (κ3) is 1.47. The zero-order chi connectivity index (χ0) is 9.64. The van der Waals surface area contributed by atoms with Crippen LogP contribution >= 0.6 is 0 Å². The van der Waals surface area contributed by atoms with Crippen LogP contribution in [-0.2, 0) is 14.2 Å². The van der Waals surface area contributed by atoms with Gasteiger partial charge in [0.15, 0.2) is 12.1 Å². The lowest BCUT2D eigenvalue weighted by atomic mass is 10.1. The summed E-state index contributed by atoms with van der Waals surface area (Å²) in [7, 11) is 0. The predicted molar refractivity (Wildman–Crippen MR) is 41.8 cm³/mol. The van der Waals surface area contributed by atoms with E-state index in [1.165, 1.54) is 0 Å². The molecule has 13 heavy (non-hydrogen) atoms. The quantitative estimate of drug-likeness (QED) is 0.567. The van der Waals surface area contributed by atoms with Crippen molar-refractivity contribution in [3.63, 3.8) is 0 Å². The highest BCUT2D eigenvalue weighted by Gasteiger charge is 2.53. The van der Waals surface area contributed by atoms with Crippen LogP contribution in [0.4, 0.5) is 0 Å². The van der Waals surface area contributed by atoms with Crippen LogP contribution in [0.15, 0.2) is 0 Å². The Kier molecular flexibility index (Phi) is 2.08. The van der Waals surface area contributed by atoms with Crippen molar-refractivity contribution in [2.24, 2.45) is 0 Å². The highest BCUT2D eigenvalue weighted by Crippen LogP contribution is 2.36. The van der Waals surface area contributed by atoms with E-state index >= 15 is 0 Å². The number of aliphatic hydroxyl groups is 2. The molecule has 2 N–H and O–H groups in total. The molecular weight excluding hydrogens is 176 g/mol. The predicted octanol–water partition coefficient (Wildman–Crippen LogP) is -0.784. The number of fused-ring (bicyclic) bond motifs is 1. The Morgan fingerprint density at radius 1 is 1.31 bits per heavy atom. The lowest BCUT2D eigenvalue weighted by Gasteiger charge is -2.21. The standard InChI is InChI=1S/C8H14O5/c1-8(2)12-6-5(10)4(3-9)11-7(6)13-8/h4-7,9-10H,3H2,1-2H3/t4?,5-,6?,7?/m0/s1. The molecule has 2 fully saturated rings. The lowest BCUT2D eigenvalue weighted by molar-refractivity contribution is -0.218. The SMILES string of the molecule is CC1(C)OC2OC(CO)[C@H](O)C2O1. The molecule has 0 bridgehead atoms. The van der Waals surface area contributed by atoms with E-state index in [0.29, 0.717) is 0 Å². The molecule has 2 rings (SSSR count). The maximum atomic E-state index is 9.60. The molecule has 0 saturated carbocycles. The summed E-state index contributed by atoms with van der Waals surface area (Å²) < 4.78 is 16.0. The summed E-state index contributed by atoms with van der Waals surface area (Å²) in [5.74, 6) is -0.712. The minimum Gasteiger partial charge on any atom is -0.394 e. The van der Waals surface area contributed by atoms with Gasteiger partial charge in [-0.15, -0.1) is 0 Å². The first kappa shape index (κ1) is 9.36. The maximum Gasteiger partial charge on any atom is 0.190 e. The maximum absolute atomic E-state index is 9.60. The Balaban J connectivity index is 2.07. The normalized spacial score (nSPS) is 48.0. The highest BCUT2D eigenvalue weighted by molar-refractivity contribution is 4.92. The van der Waals surface area contributed by atoms with Gasteiger partial charge in [-0.1, -0.05) is 0 Å². The molecule has 0 radical (unpaired) electrons. The van der Waals surface area contributed by atoms with Gasteiger partial charge in [0.05, 0.1) is 6.61 Å². The molecule has 2 saturated heterocycles. The van der Waals surface area contributed by atoms with E-state index in [1.807, 2.05) is 0 Å². The van der Waals surface area contributed by atoms with Crippen LogP contribution in [0, 0.1) is 0 Å². The van der Waals surface area contributed by atoms with Gasteiger partial charge < -0.3 is 24.4 Å². The van der Waals surface area contributed by atoms with Gasteiger partial charge in [-0.3, -0.25) is 0 Å². The molecule has 4 atom stereocenters. The molecule has 0 aromatic carbocycles. The van der Waals surface area contributed by atoms with E-state index in [4.69, 9.17) is 19.3 Å². The second-order valence-corrected chi connectivity index (χ2v) is 3.82. The second kappa shape index (κ2) is 2.90. The number of aliphatic hydroxyl groups excluding tert-OH is 2. The molecule has 5 nitrogen and oxygen atoms in total. The van der Waals surface area contributed by atoms with Crippen molar-refractivity contribution >= 4 is 0 Å². The molecule has 5 heteroatoms. The topological polar surface area (TPSA) is 68.2 Å². The molecule has 0 spiro atoms. The zero-order valence-corrected chi connectivity index (χ0v) is 7.64. The van der Waals surface area contributed by atoms with Gasteiger partial charge in [-0.2, -0.15) is 0 Å². The van der Waals surface area contributed by atoms with Crippen LogP contribution in [0.5, 0.6) is 0 Å². The van der Waals surface area contributed by atoms with Crippen molar-refractivity contribution in [2.75, 3.05) is 6.61 Å². The van der Waals surface area contributed by atoms with Crippen LogP contribution in [0.1, 0.15) is 13.8 Å². The monoisotopic (exact) mass is 190 g/mol. The molecule has 2 aliphatic rings. The fourth-order valence-electron chi connectivity index (χ4n) is 1.71. The first-order valence-electron chi connectivity index (χ1n) is 4.33. The molecule has 3 unspecified atom stereocenters. The van der Waals surface area contributed by atoms with Gasteiger partial charge in [0, 0.05) is 0 Å². The summed E-state index contributed by atoms with van der Waals surface area (Å²) in [6.07, 6.45) is -2.43. The van der Waals surface area contributed by atoms with Crippen molar-refractivity contribution in [3.05, 3.63) is 0 Å². The van der Waals surface area contributed by atoms with Gasteiger partial charge in [0.2, 0.25) is 0 Å². The van der Waals surface area contributed by atoms with Crippen molar-refractivity contribution < 1.29 is 24.4 Å². The number of hydrogen-bond donors (Lipinski definition) is 2. The molecule has 0 aliphatic carbocycles. The number of hydrogen-bond acceptors (Lipinski definition) is 5. The first-order valence-corrected chi connectivity index (χ1v) is 4.33. The molecular formula is C8H14O5. The molecule has 2 aliphatic heterocycles.